The Hall–Kier alpha value is -1.67. The van der Waals surface area contributed by atoms with Gasteiger partial charge in [-0.1, -0.05) is 12.1 Å². The molecule has 1 saturated heterocycles. The van der Waals surface area contributed by atoms with Gasteiger partial charge in [-0.15, -0.1) is 0 Å². The Bertz CT molecular complexity index is 782. The molecule has 0 spiro atoms. The minimum absolute atomic E-state index is 0.139. The van der Waals surface area contributed by atoms with Gasteiger partial charge in [-0.05, 0) is 72.3 Å². The number of hydrogen-bond acceptors (Lipinski definition) is 3. The SMILES string of the molecule is Cc1ccc([C@H](Oc2ccc(I)cc2)C(=O)N2CCN[C@H](C)C2)cc1F. The molecule has 4 nitrogen and oxygen atoms in total. The highest BCUT2D eigenvalue weighted by Gasteiger charge is 2.30. The monoisotopic (exact) mass is 468 g/mol. The zero-order chi connectivity index (χ0) is 18.7. The van der Waals surface area contributed by atoms with Crippen LogP contribution in [0.4, 0.5) is 4.39 Å². The van der Waals surface area contributed by atoms with Gasteiger partial charge in [-0.2, -0.15) is 0 Å². The second-order valence-corrected chi connectivity index (χ2v) is 7.85. The minimum Gasteiger partial charge on any atom is -0.476 e. The fourth-order valence-electron chi connectivity index (χ4n) is 2.98. The van der Waals surface area contributed by atoms with Crippen LogP contribution >= 0.6 is 22.6 Å². The maximum absolute atomic E-state index is 14.1. The molecule has 2 aromatic rings. The van der Waals surface area contributed by atoms with E-state index in [1.165, 1.54) is 6.07 Å². The number of nitrogens with one attached hydrogen (secondary N) is 1. The lowest BCUT2D eigenvalue weighted by atomic mass is 10.0. The van der Waals surface area contributed by atoms with Gasteiger partial charge < -0.3 is 15.0 Å². The third kappa shape index (κ3) is 4.54. The number of ether oxygens (including phenoxy) is 1. The molecule has 1 heterocycles. The number of rotatable bonds is 4. The van der Waals surface area contributed by atoms with E-state index in [0.717, 1.165) is 10.1 Å². The normalized spacial score (nSPS) is 18.5. The number of carbonyl (C=O) groups excluding carboxylic acids is 1. The smallest absolute Gasteiger partial charge is 0.268 e. The fraction of sp³-hybridized carbons (Fsp3) is 0.350. The average Bonchev–Trinajstić information content (AvgIpc) is 2.63. The summed E-state index contributed by atoms with van der Waals surface area (Å²) in [4.78, 5) is 14.9. The minimum atomic E-state index is -0.865. The van der Waals surface area contributed by atoms with E-state index in [4.69, 9.17) is 4.74 Å². The lowest BCUT2D eigenvalue weighted by Crippen LogP contribution is -2.53. The molecule has 2 aromatic carbocycles. The van der Waals surface area contributed by atoms with Gasteiger partial charge in [-0.3, -0.25) is 4.79 Å². The van der Waals surface area contributed by atoms with Gasteiger partial charge in [0, 0.05) is 34.8 Å². The number of piperazine rings is 1. The van der Waals surface area contributed by atoms with Gasteiger partial charge in [0.1, 0.15) is 11.6 Å². The van der Waals surface area contributed by atoms with Crippen molar-refractivity contribution >= 4 is 28.5 Å². The molecule has 0 radical (unpaired) electrons. The second kappa shape index (κ2) is 8.35. The maximum atomic E-state index is 14.1. The molecule has 0 unspecified atom stereocenters. The Kier molecular flexibility index (Phi) is 6.13. The van der Waals surface area contributed by atoms with Crippen LogP contribution in [-0.4, -0.2) is 36.5 Å². The molecule has 26 heavy (non-hydrogen) atoms. The molecule has 2 atom stereocenters. The van der Waals surface area contributed by atoms with Crippen LogP contribution in [0.1, 0.15) is 24.2 Å². The summed E-state index contributed by atoms with van der Waals surface area (Å²) in [7, 11) is 0. The number of carbonyl (C=O) groups is 1. The summed E-state index contributed by atoms with van der Waals surface area (Å²) in [5.41, 5.74) is 1.08. The number of benzene rings is 2. The van der Waals surface area contributed by atoms with Crippen LogP contribution in [0.2, 0.25) is 0 Å². The van der Waals surface area contributed by atoms with Crippen molar-refractivity contribution in [1.82, 2.24) is 10.2 Å². The number of aryl methyl sites for hydroxylation is 1. The van der Waals surface area contributed by atoms with Crippen LogP contribution in [0.15, 0.2) is 42.5 Å². The molecule has 0 aliphatic carbocycles. The molecule has 0 bridgehead atoms. The number of nitrogens with zero attached hydrogens (tertiary/aromatic N) is 1. The highest BCUT2D eigenvalue weighted by molar-refractivity contribution is 14.1. The summed E-state index contributed by atoms with van der Waals surface area (Å²) in [6, 6.07) is 12.6. The molecule has 1 N–H and O–H groups in total. The van der Waals surface area contributed by atoms with E-state index in [0.29, 0.717) is 30.0 Å². The average molecular weight is 468 g/mol. The van der Waals surface area contributed by atoms with Crippen molar-refractivity contribution in [3.8, 4) is 5.75 Å². The molecule has 6 heteroatoms. The zero-order valence-electron chi connectivity index (χ0n) is 14.8. The summed E-state index contributed by atoms with van der Waals surface area (Å²) in [5.74, 6) is 0.119. The van der Waals surface area contributed by atoms with Gasteiger partial charge >= 0.3 is 0 Å². The van der Waals surface area contributed by atoms with Crippen molar-refractivity contribution in [3.05, 3.63) is 63.0 Å². The quantitative estimate of drug-likeness (QED) is 0.697. The second-order valence-electron chi connectivity index (χ2n) is 6.60. The third-order valence-corrected chi connectivity index (χ3v) is 5.19. The number of hydrogen-bond donors (Lipinski definition) is 1. The standard InChI is InChI=1S/C20H22FIN2O2/c1-13-3-4-15(11-18(13)21)19(26-17-7-5-16(22)6-8-17)20(25)24-10-9-23-14(2)12-24/h3-8,11,14,19,23H,9-10,12H2,1-2H3/t14-,19+/m1/s1. The van der Waals surface area contributed by atoms with Crippen molar-refractivity contribution in [2.24, 2.45) is 0 Å². The van der Waals surface area contributed by atoms with Gasteiger partial charge in [0.2, 0.25) is 6.10 Å². The molecule has 138 valence electrons. The molecule has 3 rings (SSSR count). The highest BCUT2D eigenvalue weighted by Crippen LogP contribution is 2.26. The molecule has 1 amide bonds. The van der Waals surface area contributed by atoms with Crippen LogP contribution in [0.3, 0.4) is 0 Å². The summed E-state index contributed by atoms with van der Waals surface area (Å²) in [6.07, 6.45) is -0.865. The Balaban J connectivity index is 1.90. The van der Waals surface area contributed by atoms with Crippen molar-refractivity contribution in [2.45, 2.75) is 26.0 Å². The lowest BCUT2D eigenvalue weighted by Gasteiger charge is -2.34. The molecule has 1 aliphatic rings. The predicted octanol–water partition coefficient (Wildman–Crippen LogP) is 3.68. The van der Waals surface area contributed by atoms with Crippen LogP contribution < -0.4 is 10.1 Å². The third-order valence-electron chi connectivity index (χ3n) is 4.47. The van der Waals surface area contributed by atoms with E-state index < -0.39 is 6.10 Å². The molecular weight excluding hydrogens is 446 g/mol. The van der Waals surface area contributed by atoms with Crippen LogP contribution in [0, 0.1) is 16.3 Å². The largest absolute Gasteiger partial charge is 0.476 e. The van der Waals surface area contributed by atoms with Gasteiger partial charge in [0.15, 0.2) is 0 Å². The molecule has 0 saturated carbocycles. The van der Waals surface area contributed by atoms with E-state index in [-0.39, 0.29) is 17.8 Å². The maximum Gasteiger partial charge on any atom is 0.268 e. The highest BCUT2D eigenvalue weighted by atomic mass is 127. The Morgan fingerprint density at radius 3 is 2.69 bits per heavy atom. The Morgan fingerprint density at radius 1 is 1.31 bits per heavy atom. The van der Waals surface area contributed by atoms with Crippen LogP contribution in [0.25, 0.3) is 0 Å². The van der Waals surface area contributed by atoms with Gasteiger partial charge in [0.05, 0.1) is 0 Å². The Labute approximate surface area is 166 Å². The van der Waals surface area contributed by atoms with Crippen molar-refractivity contribution in [2.75, 3.05) is 19.6 Å². The van der Waals surface area contributed by atoms with E-state index in [9.17, 15) is 9.18 Å². The Morgan fingerprint density at radius 2 is 2.04 bits per heavy atom. The van der Waals surface area contributed by atoms with E-state index in [1.807, 2.05) is 31.2 Å². The summed E-state index contributed by atoms with van der Waals surface area (Å²) in [6.45, 7) is 5.71. The van der Waals surface area contributed by atoms with Crippen molar-refractivity contribution in [1.29, 1.82) is 0 Å². The van der Waals surface area contributed by atoms with Gasteiger partial charge in [-0.25, -0.2) is 4.39 Å². The fourth-order valence-corrected chi connectivity index (χ4v) is 3.34. The van der Waals surface area contributed by atoms with Crippen molar-refractivity contribution in [3.63, 3.8) is 0 Å². The van der Waals surface area contributed by atoms with Gasteiger partial charge in [0.25, 0.3) is 5.91 Å². The van der Waals surface area contributed by atoms with E-state index in [1.54, 1.807) is 24.0 Å². The summed E-state index contributed by atoms with van der Waals surface area (Å²) >= 11 is 2.21. The number of halogens is 2. The first-order chi connectivity index (χ1) is 12.4. The summed E-state index contributed by atoms with van der Waals surface area (Å²) in [5, 5.41) is 3.32. The molecule has 1 fully saturated rings. The van der Waals surface area contributed by atoms with Crippen molar-refractivity contribution < 1.29 is 13.9 Å². The first-order valence-corrected chi connectivity index (χ1v) is 9.72. The summed E-state index contributed by atoms with van der Waals surface area (Å²) < 4.78 is 21.2. The topological polar surface area (TPSA) is 41.6 Å². The lowest BCUT2D eigenvalue weighted by molar-refractivity contribution is -0.140. The first kappa shape index (κ1) is 19.1. The van der Waals surface area contributed by atoms with Crippen LogP contribution in [-0.2, 0) is 4.79 Å². The molecule has 1 aliphatic heterocycles. The first-order valence-electron chi connectivity index (χ1n) is 8.64. The molecular formula is C20H22FIN2O2. The predicted molar refractivity (Wildman–Crippen MR) is 108 cm³/mol. The molecule has 0 aromatic heterocycles. The van der Waals surface area contributed by atoms with E-state index in [2.05, 4.69) is 27.9 Å². The van der Waals surface area contributed by atoms with E-state index >= 15 is 0 Å². The number of amides is 1. The van der Waals surface area contributed by atoms with Crippen LogP contribution in [0.5, 0.6) is 5.75 Å². The zero-order valence-corrected chi connectivity index (χ0v) is 17.0.